The highest BCUT2D eigenvalue weighted by molar-refractivity contribution is 6.30. The summed E-state index contributed by atoms with van der Waals surface area (Å²) >= 11 is 5.62. The Bertz CT molecular complexity index is 423. The lowest BCUT2D eigenvalue weighted by atomic mass is 10.3. The number of benzene rings is 1. The topological polar surface area (TPSA) is 55.4 Å². The molecule has 4 nitrogen and oxygen atoms in total. The largest absolute Gasteiger partial charge is 0.469 e. The summed E-state index contributed by atoms with van der Waals surface area (Å²) in [5.74, 6) is -1.98. The Hall–Kier alpha value is -1.62. The number of carbonyl (C=O) groups excluding carboxylic acids is 2. The van der Waals surface area contributed by atoms with E-state index in [-0.39, 0.29) is 10.7 Å². The summed E-state index contributed by atoms with van der Waals surface area (Å²) < 4.78 is 17.5. The zero-order valence-corrected chi connectivity index (χ0v) is 9.18. The van der Waals surface area contributed by atoms with E-state index in [1.165, 1.54) is 12.1 Å². The highest BCUT2D eigenvalue weighted by Crippen LogP contribution is 2.19. The summed E-state index contributed by atoms with van der Waals surface area (Å²) in [6.45, 7) is 0. The van der Waals surface area contributed by atoms with Crippen molar-refractivity contribution in [2.24, 2.45) is 0 Å². The predicted molar refractivity (Wildman–Crippen MR) is 56.7 cm³/mol. The molecule has 0 aromatic heterocycles. The van der Waals surface area contributed by atoms with Gasteiger partial charge in [0.05, 0.1) is 12.8 Å². The quantitative estimate of drug-likeness (QED) is 0.654. The van der Waals surface area contributed by atoms with Gasteiger partial charge in [0.25, 0.3) is 0 Å². The highest BCUT2D eigenvalue weighted by atomic mass is 35.5. The van der Waals surface area contributed by atoms with Crippen molar-refractivity contribution in [3.8, 4) is 0 Å². The van der Waals surface area contributed by atoms with Crippen LogP contribution in [0.25, 0.3) is 0 Å². The number of esters is 1. The van der Waals surface area contributed by atoms with Crippen LogP contribution in [0.3, 0.4) is 0 Å². The molecule has 1 N–H and O–H groups in total. The maximum absolute atomic E-state index is 13.2. The Morgan fingerprint density at radius 3 is 2.81 bits per heavy atom. The van der Waals surface area contributed by atoms with Crippen LogP contribution in [0, 0.1) is 5.82 Å². The molecule has 0 saturated heterocycles. The van der Waals surface area contributed by atoms with Gasteiger partial charge in [-0.2, -0.15) is 0 Å². The van der Waals surface area contributed by atoms with E-state index in [0.29, 0.717) is 0 Å². The molecule has 0 fully saturated rings. The van der Waals surface area contributed by atoms with Gasteiger partial charge in [0.2, 0.25) is 5.91 Å². The van der Waals surface area contributed by atoms with E-state index in [0.717, 1.165) is 13.2 Å². The van der Waals surface area contributed by atoms with Crippen molar-refractivity contribution in [1.29, 1.82) is 0 Å². The van der Waals surface area contributed by atoms with Crippen LogP contribution in [0.2, 0.25) is 5.02 Å². The van der Waals surface area contributed by atoms with Crippen LogP contribution in [0.1, 0.15) is 6.42 Å². The fourth-order valence-corrected chi connectivity index (χ4v) is 1.16. The molecule has 0 spiro atoms. The van der Waals surface area contributed by atoms with Gasteiger partial charge in [0, 0.05) is 5.02 Å². The smallest absolute Gasteiger partial charge is 0.315 e. The maximum Gasteiger partial charge on any atom is 0.315 e. The molecular weight excluding hydrogens is 237 g/mol. The first-order valence-corrected chi connectivity index (χ1v) is 4.72. The average Bonchev–Trinajstić information content (AvgIpc) is 2.23. The van der Waals surface area contributed by atoms with Gasteiger partial charge in [-0.3, -0.25) is 9.59 Å². The number of carbonyl (C=O) groups is 2. The van der Waals surface area contributed by atoms with Gasteiger partial charge < -0.3 is 10.1 Å². The molecular formula is C10H9ClFNO3. The number of anilines is 1. The zero-order valence-electron chi connectivity index (χ0n) is 8.42. The van der Waals surface area contributed by atoms with E-state index in [2.05, 4.69) is 10.1 Å². The Labute approximate surface area is 96.3 Å². The van der Waals surface area contributed by atoms with Gasteiger partial charge in [-0.25, -0.2) is 4.39 Å². The monoisotopic (exact) mass is 245 g/mol. The van der Waals surface area contributed by atoms with Gasteiger partial charge in [-0.05, 0) is 18.2 Å². The van der Waals surface area contributed by atoms with E-state index in [9.17, 15) is 14.0 Å². The summed E-state index contributed by atoms with van der Waals surface area (Å²) in [5, 5.41) is 2.50. The molecule has 0 saturated carbocycles. The standard InChI is InChI=1S/C10H9ClFNO3/c1-16-10(15)5-9(14)13-8-4-6(11)2-3-7(8)12/h2-4H,5H2,1H3,(H,13,14). The minimum absolute atomic E-state index is 0.0681. The minimum atomic E-state index is -0.695. The molecule has 16 heavy (non-hydrogen) atoms. The third-order valence-electron chi connectivity index (χ3n) is 1.74. The number of methoxy groups -OCH3 is 1. The number of hydrogen-bond donors (Lipinski definition) is 1. The Balaban J connectivity index is 2.69. The van der Waals surface area contributed by atoms with Crippen molar-refractivity contribution < 1.29 is 18.7 Å². The maximum atomic E-state index is 13.2. The summed E-state index contributed by atoms with van der Waals surface area (Å²) in [6.07, 6.45) is -0.470. The first-order valence-electron chi connectivity index (χ1n) is 4.34. The van der Waals surface area contributed by atoms with E-state index >= 15 is 0 Å². The molecule has 86 valence electrons. The molecule has 0 heterocycles. The summed E-state index contributed by atoms with van der Waals surface area (Å²) in [4.78, 5) is 22.0. The van der Waals surface area contributed by atoms with Crippen molar-refractivity contribution in [2.75, 3.05) is 12.4 Å². The van der Waals surface area contributed by atoms with Crippen LogP contribution in [-0.2, 0) is 14.3 Å². The summed E-state index contributed by atoms with van der Waals surface area (Å²) in [6, 6.07) is 3.73. The van der Waals surface area contributed by atoms with Crippen LogP contribution in [0.15, 0.2) is 18.2 Å². The summed E-state index contributed by atoms with van der Waals surface area (Å²) in [7, 11) is 1.16. The van der Waals surface area contributed by atoms with Crippen LogP contribution in [0.5, 0.6) is 0 Å². The molecule has 0 bridgehead atoms. The van der Waals surface area contributed by atoms with Crippen LogP contribution in [0.4, 0.5) is 10.1 Å². The molecule has 0 aliphatic carbocycles. The van der Waals surface area contributed by atoms with Crippen molar-refractivity contribution in [1.82, 2.24) is 0 Å². The van der Waals surface area contributed by atoms with Gasteiger partial charge in [0.1, 0.15) is 12.2 Å². The number of amides is 1. The molecule has 1 aromatic rings. The Kier molecular flexibility index (Phi) is 4.25. The second-order valence-electron chi connectivity index (χ2n) is 2.93. The molecule has 0 aliphatic heterocycles. The number of ether oxygens (including phenoxy) is 1. The van der Waals surface area contributed by atoms with Gasteiger partial charge >= 0.3 is 5.97 Å². The lowest BCUT2D eigenvalue weighted by Gasteiger charge is -2.05. The third kappa shape index (κ3) is 3.51. The fraction of sp³-hybridized carbons (Fsp3) is 0.200. The van der Waals surface area contributed by atoms with Crippen LogP contribution < -0.4 is 5.32 Å². The van der Waals surface area contributed by atoms with Crippen molar-refractivity contribution in [2.45, 2.75) is 6.42 Å². The van der Waals surface area contributed by atoms with Crippen LogP contribution >= 0.6 is 11.6 Å². The summed E-state index contributed by atoms with van der Waals surface area (Å²) in [5.41, 5.74) is -0.0681. The minimum Gasteiger partial charge on any atom is -0.469 e. The lowest BCUT2D eigenvalue weighted by Crippen LogP contribution is -2.17. The number of halogens is 2. The van der Waals surface area contributed by atoms with Crippen molar-refractivity contribution >= 4 is 29.2 Å². The molecule has 6 heteroatoms. The molecule has 0 atom stereocenters. The van der Waals surface area contributed by atoms with E-state index < -0.39 is 24.1 Å². The molecule has 1 rings (SSSR count). The van der Waals surface area contributed by atoms with Gasteiger partial charge in [0.15, 0.2) is 0 Å². The SMILES string of the molecule is COC(=O)CC(=O)Nc1cc(Cl)ccc1F. The molecule has 1 amide bonds. The van der Waals surface area contributed by atoms with Crippen molar-refractivity contribution in [3.63, 3.8) is 0 Å². The second kappa shape index (κ2) is 5.46. The normalized spacial score (nSPS) is 9.69. The number of nitrogens with one attached hydrogen (secondary N) is 1. The van der Waals surface area contributed by atoms with Gasteiger partial charge in [-0.15, -0.1) is 0 Å². The highest BCUT2D eigenvalue weighted by Gasteiger charge is 2.11. The average molecular weight is 246 g/mol. The van der Waals surface area contributed by atoms with Crippen molar-refractivity contribution in [3.05, 3.63) is 29.0 Å². The van der Waals surface area contributed by atoms with E-state index in [1.54, 1.807) is 0 Å². The Morgan fingerprint density at radius 2 is 2.19 bits per heavy atom. The third-order valence-corrected chi connectivity index (χ3v) is 1.97. The second-order valence-corrected chi connectivity index (χ2v) is 3.36. The fourth-order valence-electron chi connectivity index (χ4n) is 0.991. The zero-order chi connectivity index (χ0) is 12.1. The molecule has 0 radical (unpaired) electrons. The lowest BCUT2D eigenvalue weighted by molar-refractivity contribution is -0.142. The number of rotatable bonds is 3. The number of hydrogen-bond acceptors (Lipinski definition) is 3. The van der Waals surface area contributed by atoms with Gasteiger partial charge in [-0.1, -0.05) is 11.6 Å². The Morgan fingerprint density at radius 1 is 1.50 bits per heavy atom. The molecule has 1 aromatic carbocycles. The predicted octanol–water partition coefficient (Wildman–Crippen LogP) is 1.98. The van der Waals surface area contributed by atoms with Crippen LogP contribution in [-0.4, -0.2) is 19.0 Å². The molecule has 0 unspecified atom stereocenters. The first kappa shape index (κ1) is 12.4. The van der Waals surface area contributed by atoms with E-state index in [4.69, 9.17) is 11.6 Å². The first-order chi connectivity index (χ1) is 7.52. The molecule has 0 aliphatic rings. The van der Waals surface area contributed by atoms with E-state index in [1.807, 2.05) is 0 Å².